The lowest BCUT2D eigenvalue weighted by atomic mass is 10.1. The fourth-order valence-corrected chi connectivity index (χ4v) is 2.83. The average Bonchev–Trinajstić information content (AvgIpc) is 2.91. The van der Waals surface area contributed by atoms with Crippen LogP contribution in [0.5, 0.6) is 0 Å². The summed E-state index contributed by atoms with van der Waals surface area (Å²) in [6.45, 7) is 3.63. The minimum absolute atomic E-state index is 0.0710. The third-order valence-corrected chi connectivity index (χ3v) is 4.19. The number of hydrogen-bond donors (Lipinski definition) is 1. The Balaban J connectivity index is 1.79. The zero-order chi connectivity index (χ0) is 19.6. The van der Waals surface area contributed by atoms with Gasteiger partial charge in [-0.3, -0.25) is 14.9 Å². The smallest absolute Gasteiger partial charge is 0.271 e. The van der Waals surface area contributed by atoms with Gasteiger partial charge in [0, 0.05) is 29.1 Å². The van der Waals surface area contributed by atoms with Crippen LogP contribution >= 0.6 is 0 Å². The van der Waals surface area contributed by atoms with E-state index in [-0.39, 0.29) is 23.8 Å². The first-order valence-electron chi connectivity index (χ1n) is 8.20. The van der Waals surface area contributed by atoms with Gasteiger partial charge in [-0.2, -0.15) is 5.10 Å². The van der Waals surface area contributed by atoms with Crippen LogP contribution in [0.4, 0.5) is 15.8 Å². The van der Waals surface area contributed by atoms with Crippen molar-refractivity contribution in [2.75, 3.05) is 5.32 Å². The number of amides is 1. The molecular weight excluding hydrogens is 351 g/mol. The van der Waals surface area contributed by atoms with Gasteiger partial charge in [0.15, 0.2) is 0 Å². The van der Waals surface area contributed by atoms with Crippen molar-refractivity contribution >= 4 is 17.3 Å². The first kappa shape index (κ1) is 18.2. The molecule has 27 heavy (non-hydrogen) atoms. The van der Waals surface area contributed by atoms with Crippen molar-refractivity contribution in [2.45, 2.75) is 20.3 Å². The Hall–Kier alpha value is -3.55. The minimum atomic E-state index is -0.517. The van der Waals surface area contributed by atoms with Gasteiger partial charge in [0.1, 0.15) is 5.82 Å². The van der Waals surface area contributed by atoms with E-state index in [1.165, 1.54) is 30.3 Å². The molecule has 0 radical (unpaired) electrons. The third-order valence-electron chi connectivity index (χ3n) is 4.19. The molecule has 0 saturated heterocycles. The Labute approximate surface area is 154 Å². The number of nitro benzene ring substituents is 1. The van der Waals surface area contributed by atoms with Crippen LogP contribution < -0.4 is 5.32 Å². The fourth-order valence-electron chi connectivity index (χ4n) is 2.83. The first-order valence-corrected chi connectivity index (χ1v) is 8.20. The SMILES string of the molecule is Cc1nn(-c2ccc(F)cc2)c(C)c1CC(=O)Nc1cccc([N+](=O)[O-])c1. The molecule has 1 heterocycles. The van der Waals surface area contributed by atoms with Crippen molar-refractivity contribution in [1.29, 1.82) is 0 Å². The molecule has 1 N–H and O–H groups in total. The molecule has 138 valence electrons. The van der Waals surface area contributed by atoms with Gasteiger partial charge in [-0.1, -0.05) is 6.07 Å². The lowest BCUT2D eigenvalue weighted by Crippen LogP contribution is -2.15. The van der Waals surface area contributed by atoms with E-state index in [0.717, 1.165) is 11.3 Å². The maximum atomic E-state index is 13.1. The number of carbonyl (C=O) groups is 1. The van der Waals surface area contributed by atoms with Gasteiger partial charge in [-0.25, -0.2) is 9.07 Å². The number of aryl methyl sites for hydroxylation is 1. The van der Waals surface area contributed by atoms with Crippen molar-refractivity contribution in [2.24, 2.45) is 0 Å². The van der Waals surface area contributed by atoms with Crippen LogP contribution in [0.15, 0.2) is 48.5 Å². The van der Waals surface area contributed by atoms with Crippen molar-refractivity contribution in [3.05, 3.63) is 81.4 Å². The second kappa shape index (κ2) is 7.36. The summed E-state index contributed by atoms with van der Waals surface area (Å²) in [6, 6.07) is 11.7. The topological polar surface area (TPSA) is 90.1 Å². The van der Waals surface area contributed by atoms with Gasteiger partial charge in [0.25, 0.3) is 5.69 Å². The van der Waals surface area contributed by atoms with E-state index >= 15 is 0 Å². The van der Waals surface area contributed by atoms with Crippen LogP contribution in [0.2, 0.25) is 0 Å². The number of nitro groups is 1. The summed E-state index contributed by atoms with van der Waals surface area (Å²) in [5.41, 5.74) is 3.17. The van der Waals surface area contributed by atoms with E-state index in [1.807, 2.05) is 6.92 Å². The van der Waals surface area contributed by atoms with Crippen LogP contribution in [0.1, 0.15) is 17.0 Å². The van der Waals surface area contributed by atoms with Gasteiger partial charge in [0.05, 0.1) is 22.7 Å². The third kappa shape index (κ3) is 4.00. The number of non-ortho nitro benzene ring substituents is 1. The molecule has 7 nitrogen and oxygen atoms in total. The van der Waals surface area contributed by atoms with E-state index in [9.17, 15) is 19.3 Å². The summed E-state index contributed by atoms with van der Waals surface area (Å²) in [6.07, 6.45) is 0.0710. The molecule has 8 heteroatoms. The zero-order valence-electron chi connectivity index (χ0n) is 14.8. The number of nitrogens with one attached hydrogen (secondary N) is 1. The molecule has 0 fully saturated rings. The molecule has 1 aromatic heterocycles. The van der Waals surface area contributed by atoms with Crippen LogP contribution in [0, 0.1) is 29.8 Å². The molecule has 3 rings (SSSR count). The molecular formula is C19H17FN4O3. The number of halogens is 1. The summed E-state index contributed by atoms with van der Waals surface area (Å²) >= 11 is 0. The first-order chi connectivity index (χ1) is 12.8. The number of rotatable bonds is 5. The summed E-state index contributed by atoms with van der Waals surface area (Å²) in [5.74, 6) is -0.641. The highest BCUT2D eigenvalue weighted by atomic mass is 19.1. The second-order valence-corrected chi connectivity index (χ2v) is 6.07. The monoisotopic (exact) mass is 368 g/mol. The van der Waals surface area contributed by atoms with Crippen LogP contribution in [0.25, 0.3) is 5.69 Å². The Bertz CT molecular complexity index is 1010. The normalized spacial score (nSPS) is 10.6. The Kier molecular flexibility index (Phi) is 4.98. The number of hydrogen-bond acceptors (Lipinski definition) is 4. The molecule has 0 atom stereocenters. The number of benzene rings is 2. The van der Waals surface area contributed by atoms with Gasteiger partial charge in [-0.15, -0.1) is 0 Å². The summed E-state index contributed by atoms with van der Waals surface area (Å²) < 4.78 is 14.8. The molecule has 3 aromatic rings. The highest BCUT2D eigenvalue weighted by Gasteiger charge is 2.17. The molecule has 2 aromatic carbocycles. The molecule has 0 aliphatic carbocycles. The van der Waals surface area contributed by atoms with Crippen molar-refractivity contribution in [3.63, 3.8) is 0 Å². The minimum Gasteiger partial charge on any atom is -0.326 e. The van der Waals surface area contributed by atoms with Crippen LogP contribution in [-0.2, 0) is 11.2 Å². The predicted octanol–water partition coefficient (Wildman–Crippen LogP) is 3.72. The number of nitrogens with zero attached hydrogens (tertiary/aromatic N) is 3. The van der Waals surface area contributed by atoms with Gasteiger partial charge in [0.2, 0.25) is 5.91 Å². The van der Waals surface area contributed by atoms with E-state index in [2.05, 4.69) is 10.4 Å². The fraction of sp³-hybridized carbons (Fsp3) is 0.158. The zero-order valence-corrected chi connectivity index (χ0v) is 14.8. The molecule has 0 saturated carbocycles. The molecule has 0 aliphatic heterocycles. The Morgan fingerprint density at radius 3 is 2.59 bits per heavy atom. The maximum Gasteiger partial charge on any atom is 0.271 e. The van der Waals surface area contributed by atoms with Crippen LogP contribution in [0.3, 0.4) is 0 Å². The Morgan fingerprint density at radius 1 is 1.22 bits per heavy atom. The lowest BCUT2D eigenvalue weighted by Gasteiger charge is -2.07. The standard InChI is InChI=1S/C19H17FN4O3/c1-12-18(13(2)23(22-12)16-8-6-14(20)7-9-16)11-19(25)21-15-4-3-5-17(10-15)24(26)27/h3-10H,11H2,1-2H3,(H,21,25). The van der Waals surface area contributed by atoms with Crippen molar-refractivity contribution in [1.82, 2.24) is 9.78 Å². The number of carbonyl (C=O) groups excluding carboxylic acids is 1. The highest BCUT2D eigenvalue weighted by molar-refractivity contribution is 5.92. The van der Waals surface area contributed by atoms with Crippen LogP contribution in [-0.4, -0.2) is 20.6 Å². The highest BCUT2D eigenvalue weighted by Crippen LogP contribution is 2.21. The van der Waals surface area contributed by atoms with Gasteiger partial charge >= 0.3 is 0 Å². The largest absolute Gasteiger partial charge is 0.326 e. The number of anilines is 1. The summed E-state index contributed by atoms with van der Waals surface area (Å²) in [4.78, 5) is 22.7. The molecule has 1 amide bonds. The summed E-state index contributed by atoms with van der Waals surface area (Å²) in [5, 5.41) is 17.9. The lowest BCUT2D eigenvalue weighted by molar-refractivity contribution is -0.384. The second-order valence-electron chi connectivity index (χ2n) is 6.07. The Morgan fingerprint density at radius 2 is 1.93 bits per heavy atom. The average molecular weight is 368 g/mol. The molecule has 0 bridgehead atoms. The van der Waals surface area contributed by atoms with Gasteiger partial charge < -0.3 is 5.32 Å². The summed E-state index contributed by atoms with van der Waals surface area (Å²) in [7, 11) is 0. The van der Waals surface area contributed by atoms with E-state index in [1.54, 1.807) is 29.8 Å². The predicted molar refractivity (Wildman–Crippen MR) is 98.4 cm³/mol. The molecule has 0 unspecified atom stereocenters. The molecule has 0 aliphatic rings. The van der Waals surface area contributed by atoms with E-state index < -0.39 is 4.92 Å². The van der Waals surface area contributed by atoms with E-state index in [0.29, 0.717) is 17.1 Å². The van der Waals surface area contributed by atoms with Crippen molar-refractivity contribution < 1.29 is 14.1 Å². The van der Waals surface area contributed by atoms with Crippen molar-refractivity contribution in [3.8, 4) is 5.69 Å². The van der Waals surface area contributed by atoms with E-state index in [4.69, 9.17) is 0 Å². The maximum absolute atomic E-state index is 13.1. The molecule has 0 spiro atoms. The quantitative estimate of drug-likeness (QED) is 0.549. The number of aromatic nitrogens is 2. The van der Waals surface area contributed by atoms with Gasteiger partial charge in [-0.05, 0) is 44.2 Å².